The molecule has 0 bridgehead atoms. The maximum absolute atomic E-state index is 12.9. The summed E-state index contributed by atoms with van der Waals surface area (Å²) in [5.74, 6) is 1.34. The van der Waals surface area contributed by atoms with Gasteiger partial charge in [0.2, 0.25) is 0 Å². The molecule has 0 aliphatic carbocycles. The highest BCUT2D eigenvalue weighted by Crippen LogP contribution is 2.20. The lowest BCUT2D eigenvalue weighted by Crippen LogP contribution is -2.32. The molecule has 2 aromatic heterocycles. The average Bonchev–Trinajstić information content (AvgIpc) is 2.91. The largest absolute Gasteiger partial charge is 0.322 e. The van der Waals surface area contributed by atoms with Crippen molar-refractivity contribution >= 4 is 11.6 Å². The highest BCUT2D eigenvalue weighted by molar-refractivity contribution is 6.04. The van der Waals surface area contributed by atoms with Gasteiger partial charge in [0.05, 0.1) is 12.1 Å². The molecule has 0 unspecified atom stereocenters. The van der Waals surface area contributed by atoms with E-state index in [0.717, 1.165) is 48.2 Å². The fraction of sp³-hybridized carbons (Fsp3) is 0.290. The fourth-order valence-electron chi connectivity index (χ4n) is 4.70. The second kappa shape index (κ2) is 11.4. The van der Waals surface area contributed by atoms with Crippen molar-refractivity contribution in [2.45, 2.75) is 39.7 Å². The van der Waals surface area contributed by atoms with Gasteiger partial charge >= 0.3 is 0 Å². The van der Waals surface area contributed by atoms with E-state index in [1.54, 1.807) is 18.5 Å². The van der Waals surface area contributed by atoms with Crippen LogP contribution in [0.2, 0.25) is 0 Å². The number of carbonyl (C=O) groups is 1. The van der Waals surface area contributed by atoms with Gasteiger partial charge in [-0.1, -0.05) is 42.8 Å². The molecule has 37 heavy (non-hydrogen) atoms. The van der Waals surface area contributed by atoms with Crippen LogP contribution in [0.5, 0.6) is 0 Å². The van der Waals surface area contributed by atoms with Gasteiger partial charge in [-0.3, -0.25) is 14.7 Å². The molecule has 1 fully saturated rings. The van der Waals surface area contributed by atoms with Crippen molar-refractivity contribution in [3.63, 3.8) is 0 Å². The zero-order valence-corrected chi connectivity index (χ0v) is 21.5. The Morgan fingerprint density at radius 1 is 0.973 bits per heavy atom. The van der Waals surface area contributed by atoms with Crippen molar-refractivity contribution in [2.75, 3.05) is 18.4 Å². The molecule has 2 aromatic carbocycles. The van der Waals surface area contributed by atoms with Gasteiger partial charge in [-0.05, 0) is 80.7 Å². The number of hydrogen-bond acceptors (Lipinski definition) is 5. The predicted octanol–water partition coefficient (Wildman–Crippen LogP) is 5.92. The Balaban J connectivity index is 1.21. The van der Waals surface area contributed by atoms with Crippen molar-refractivity contribution in [1.29, 1.82) is 0 Å². The SMILES string of the molecule is Cc1cccc(-c2ccnc(Cc3cc(C(=O)Nc4ccc(CN5CCC(C)CC5)cc4)ccn3)n2)c1. The Morgan fingerprint density at radius 2 is 1.76 bits per heavy atom. The standard InChI is InChI=1S/C31H33N5O/c1-22-12-16-36(17-13-22)21-24-6-8-27(9-7-24)34-31(37)26-10-14-32-28(19-26)20-30-33-15-11-29(35-30)25-5-3-4-23(2)18-25/h3-11,14-15,18-19,22H,12-13,16-17,20-21H2,1-2H3,(H,34,37). The summed E-state index contributed by atoms with van der Waals surface area (Å²) in [6.07, 6.45) is 6.42. The van der Waals surface area contributed by atoms with Gasteiger partial charge in [-0.25, -0.2) is 9.97 Å². The van der Waals surface area contributed by atoms with Gasteiger partial charge in [0.25, 0.3) is 5.91 Å². The summed E-state index contributed by atoms with van der Waals surface area (Å²) in [6, 6.07) is 21.9. The van der Waals surface area contributed by atoms with E-state index in [1.807, 2.05) is 36.4 Å². The molecular weight excluding hydrogens is 458 g/mol. The summed E-state index contributed by atoms with van der Waals surface area (Å²) in [6.45, 7) is 7.67. The maximum atomic E-state index is 12.9. The first-order valence-corrected chi connectivity index (χ1v) is 13.0. The number of carbonyl (C=O) groups excluding carboxylic acids is 1. The molecule has 0 spiro atoms. The summed E-state index contributed by atoms with van der Waals surface area (Å²) < 4.78 is 0. The van der Waals surface area contributed by atoms with Crippen LogP contribution in [-0.2, 0) is 13.0 Å². The van der Waals surface area contributed by atoms with Crippen molar-refractivity contribution < 1.29 is 4.79 Å². The number of nitrogens with zero attached hydrogens (tertiary/aromatic N) is 4. The maximum Gasteiger partial charge on any atom is 0.255 e. The third kappa shape index (κ3) is 6.66. The Kier molecular flexibility index (Phi) is 7.66. The van der Waals surface area contributed by atoms with E-state index in [1.165, 1.54) is 24.0 Å². The predicted molar refractivity (Wildman–Crippen MR) is 147 cm³/mol. The number of anilines is 1. The van der Waals surface area contributed by atoms with E-state index in [-0.39, 0.29) is 5.91 Å². The van der Waals surface area contributed by atoms with Crippen LogP contribution >= 0.6 is 0 Å². The minimum Gasteiger partial charge on any atom is -0.322 e. The molecule has 6 heteroatoms. The van der Waals surface area contributed by atoms with Crippen LogP contribution in [0, 0.1) is 12.8 Å². The summed E-state index contributed by atoms with van der Waals surface area (Å²) in [4.78, 5) is 29.0. The van der Waals surface area contributed by atoms with Crippen molar-refractivity contribution in [2.24, 2.45) is 5.92 Å². The minimum atomic E-state index is -0.157. The van der Waals surface area contributed by atoms with Crippen molar-refractivity contribution in [3.8, 4) is 11.3 Å². The Hall–Kier alpha value is -3.90. The van der Waals surface area contributed by atoms with E-state index in [2.05, 4.69) is 58.3 Å². The quantitative estimate of drug-likeness (QED) is 0.347. The van der Waals surface area contributed by atoms with Gasteiger partial charge in [0.1, 0.15) is 5.82 Å². The first-order valence-electron chi connectivity index (χ1n) is 13.0. The molecule has 0 radical (unpaired) electrons. The van der Waals surface area contributed by atoms with Gasteiger partial charge < -0.3 is 5.32 Å². The highest BCUT2D eigenvalue weighted by Gasteiger charge is 2.16. The third-order valence-corrected chi connectivity index (χ3v) is 6.93. The van der Waals surface area contributed by atoms with Crippen LogP contribution in [0.4, 0.5) is 5.69 Å². The van der Waals surface area contributed by atoms with Crippen LogP contribution in [-0.4, -0.2) is 38.8 Å². The Labute approximate surface area is 218 Å². The second-order valence-corrected chi connectivity index (χ2v) is 10.0. The lowest BCUT2D eigenvalue weighted by Gasteiger charge is -2.30. The van der Waals surface area contributed by atoms with Crippen LogP contribution in [0.3, 0.4) is 0 Å². The number of likely N-dealkylation sites (tertiary alicyclic amines) is 1. The van der Waals surface area contributed by atoms with Crippen molar-refractivity contribution in [1.82, 2.24) is 19.9 Å². The topological polar surface area (TPSA) is 71.0 Å². The van der Waals surface area contributed by atoms with E-state index < -0.39 is 0 Å². The van der Waals surface area contributed by atoms with E-state index in [0.29, 0.717) is 17.8 Å². The van der Waals surface area contributed by atoms with Crippen LogP contribution in [0.15, 0.2) is 79.1 Å². The number of benzene rings is 2. The Morgan fingerprint density at radius 3 is 2.54 bits per heavy atom. The third-order valence-electron chi connectivity index (χ3n) is 6.93. The van der Waals surface area contributed by atoms with E-state index in [9.17, 15) is 4.79 Å². The number of nitrogens with one attached hydrogen (secondary N) is 1. The molecule has 1 aliphatic heterocycles. The first kappa shape index (κ1) is 24.8. The number of rotatable bonds is 7. The molecule has 188 valence electrons. The average molecular weight is 492 g/mol. The number of piperidine rings is 1. The molecule has 3 heterocycles. The second-order valence-electron chi connectivity index (χ2n) is 10.0. The monoisotopic (exact) mass is 491 g/mol. The lowest BCUT2D eigenvalue weighted by atomic mass is 9.99. The number of aromatic nitrogens is 3. The molecule has 1 saturated heterocycles. The van der Waals surface area contributed by atoms with E-state index >= 15 is 0 Å². The number of hydrogen-bond donors (Lipinski definition) is 1. The number of aryl methyl sites for hydroxylation is 1. The molecule has 1 N–H and O–H groups in total. The molecule has 0 atom stereocenters. The van der Waals surface area contributed by atoms with Gasteiger partial charge in [0, 0.05) is 41.4 Å². The minimum absolute atomic E-state index is 0.157. The van der Waals surface area contributed by atoms with Crippen LogP contribution in [0.1, 0.15) is 52.8 Å². The zero-order chi connectivity index (χ0) is 25.6. The smallest absolute Gasteiger partial charge is 0.255 e. The molecule has 1 amide bonds. The summed E-state index contributed by atoms with van der Waals surface area (Å²) >= 11 is 0. The normalized spacial score (nSPS) is 14.4. The molecule has 0 saturated carbocycles. The summed E-state index contributed by atoms with van der Waals surface area (Å²) in [7, 11) is 0. The molecular formula is C31H33N5O. The zero-order valence-electron chi connectivity index (χ0n) is 21.5. The van der Waals surface area contributed by atoms with Crippen LogP contribution in [0.25, 0.3) is 11.3 Å². The van der Waals surface area contributed by atoms with Gasteiger partial charge in [-0.15, -0.1) is 0 Å². The molecule has 4 aromatic rings. The molecule has 1 aliphatic rings. The van der Waals surface area contributed by atoms with Gasteiger partial charge in [0.15, 0.2) is 0 Å². The number of pyridine rings is 1. The fourth-order valence-corrected chi connectivity index (χ4v) is 4.70. The summed E-state index contributed by atoms with van der Waals surface area (Å²) in [5, 5.41) is 3.01. The lowest BCUT2D eigenvalue weighted by molar-refractivity contribution is 0.102. The molecule has 5 rings (SSSR count). The van der Waals surface area contributed by atoms with E-state index in [4.69, 9.17) is 4.98 Å². The highest BCUT2D eigenvalue weighted by atomic mass is 16.1. The summed E-state index contributed by atoms with van der Waals surface area (Å²) in [5.41, 5.74) is 6.48. The molecule has 6 nitrogen and oxygen atoms in total. The first-order chi connectivity index (χ1) is 18.0. The van der Waals surface area contributed by atoms with Crippen LogP contribution < -0.4 is 5.32 Å². The Bertz CT molecular complexity index is 1360. The van der Waals surface area contributed by atoms with Gasteiger partial charge in [-0.2, -0.15) is 0 Å². The van der Waals surface area contributed by atoms with Crippen molar-refractivity contribution in [3.05, 3.63) is 107 Å². The number of amides is 1.